The van der Waals surface area contributed by atoms with Crippen LogP contribution in [0.5, 0.6) is 11.5 Å². The molecule has 0 radical (unpaired) electrons. The van der Waals surface area contributed by atoms with E-state index in [-0.39, 0.29) is 11.9 Å². The lowest BCUT2D eigenvalue weighted by atomic mass is 9.94. The van der Waals surface area contributed by atoms with Gasteiger partial charge in [-0.3, -0.25) is 4.79 Å². The van der Waals surface area contributed by atoms with Crippen molar-refractivity contribution in [1.29, 1.82) is 0 Å². The summed E-state index contributed by atoms with van der Waals surface area (Å²) < 4.78 is 10.5. The maximum absolute atomic E-state index is 13.1. The minimum atomic E-state index is -0.389. The highest BCUT2D eigenvalue weighted by Gasteiger charge is 2.30. The Labute approximate surface area is 163 Å². The summed E-state index contributed by atoms with van der Waals surface area (Å²) in [5.74, 6) is 1.16. The van der Waals surface area contributed by atoms with Gasteiger partial charge in [0.15, 0.2) is 5.11 Å². The van der Waals surface area contributed by atoms with Crippen molar-refractivity contribution in [2.24, 2.45) is 0 Å². The van der Waals surface area contributed by atoms with Gasteiger partial charge in [-0.2, -0.15) is 0 Å². The summed E-state index contributed by atoms with van der Waals surface area (Å²) >= 11 is 5.29. The topological polar surface area (TPSA) is 71.6 Å². The number of thiocarbonyl (C=S) groups is 1. The largest absolute Gasteiger partial charge is 0.497 e. The van der Waals surface area contributed by atoms with Gasteiger partial charge < -0.3 is 25.4 Å². The highest BCUT2D eigenvalue weighted by molar-refractivity contribution is 7.80. The second-order valence-electron chi connectivity index (χ2n) is 6.03. The van der Waals surface area contributed by atoms with E-state index in [0.717, 1.165) is 5.56 Å². The van der Waals surface area contributed by atoms with Gasteiger partial charge in [0.2, 0.25) is 0 Å². The molecule has 0 fully saturated rings. The van der Waals surface area contributed by atoms with Gasteiger partial charge >= 0.3 is 0 Å². The molecule has 1 heterocycles. The van der Waals surface area contributed by atoms with Gasteiger partial charge in [-0.05, 0) is 49.0 Å². The normalized spacial score (nSPS) is 16.3. The van der Waals surface area contributed by atoms with Crippen LogP contribution in [0.4, 0.5) is 5.69 Å². The fourth-order valence-electron chi connectivity index (χ4n) is 2.97. The predicted molar refractivity (Wildman–Crippen MR) is 109 cm³/mol. The van der Waals surface area contributed by atoms with Gasteiger partial charge in [-0.1, -0.05) is 18.2 Å². The van der Waals surface area contributed by atoms with Crippen LogP contribution in [-0.4, -0.2) is 25.2 Å². The van der Waals surface area contributed by atoms with Crippen LogP contribution in [0, 0.1) is 0 Å². The molecule has 2 aromatic carbocycles. The van der Waals surface area contributed by atoms with Crippen molar-refractivity contribution in [2.45, 2.75) is 13.0 Å². The summed E-state index contributed by atoms with van der Waals surface area (Å²) in [6.07, 6.45) is 0. The summed E-state index contributed by atoms with van der Waals surface area (Å²) in [4.78, 5) is 13.1. The van der Waals surface area contributed by atoms with Crippen LogP contribution in [0.3, 0.4) is 0 Å². The lowest BCUT2D eigenvalue weighted by Crippen LogP contribution is -2.45. The second kappa shape index (κ2) is 8.09. The Hall–Kier alpha value is -3.06. The number of ether oxygens (including phenoxy) is 2. The van der Waals surface area contributed by atoms with Crippen molar-refractivity contribution < 1.29 is 14.3 Å². The molecule has 0 saturated heterocycles. The Kier molecular flexibility index (Phi) is 5.61. The maximum Gasteiger partial charge on any atom is 0.255 e. The smallest absolute Gasteiger partial charge is 0.255 e. The molecule has 0 spiro atoms. The minimum Gasteiger partial charge on any atom is -0.497 e. The number of nitrogens with one attached hydrogen (secondary N) is 3. The summed E-state index contributed by atoms with van der Waals surface area (Å²) in [5.41, 5.74) is 2.79. The average Bonchev–Trinajstić information content (AvgIpc) is 2.67. The maximum atomic E-state index is 13.1. The summed E-state index contributed by atoms with van der Waals surface area (Å²) in [6.45, 7) is 1.83. The lowest BCUT2D eigenvalue weighted by Gasteiger charge is -2.30. The summed E-state index contributed by atoms with van der Waals surface area (Å²) in [6, 6.07) is 14.4. The number of methoxy groups -OCH3 is 2. The summed E-state index contributed by atoms with van der Waals surface area (Å²) in [7, 11) is 3.19. The van der Waals surface area contributed by atoms with Crippen molar-refractivity contribution in [3.8, 4) is 11.5 Å². The lowest BCUT2D eigenvalue weighted by molar-refractivity contribution is -0.113. The first-order valence-electron chi connectivity index (χ1n) is 8.39. The molecule has 140 valence electrons. The van der Waals surface area contributed by atoms with Crippen LogP contribution in [0.2, 0.25) is 0 Å². The molecule has 0 bridgehead atoms. The van der Waals surface area contributed by atoms with E-state index in [1.54, 1.807) is 20.3 Å². The van der Waals surface area contributed by atoms with Crippen LogP contribution < -0.4 is 25.4 Å². The molecule has 6 nitrogen and oxygen atoms in total. The van der Waals surface area contributed by atoms with Crippen LogP contribution in [0.25, 0.3) is 0 Å². The van der Waals surface area contributed by atoms with Gasteiger partial charge in [-0.15, -0.1) is 0 Å². The number of hydrogen-bond acceptors (Lipinski definition) is 4. The molecule has 0 aliphatic carbocycles. The zero-order chi connectivity index (χ0) is 19.4. The van der Waals surface area contributed by atoms with Crippen LogP contribution >= 0.6 is 12.2 Å². The van der Waals surface area contributed by atoms with Crippen LogP contribution in [0.15, 0.2) is 59.8 Å². The SMILES string of the molecule is COc1cccc(NC(=O)C2=C(C)NC(=S)N[C@@H]2c2cccc(OC)c2)c1. The molecule has 27 heavy (non-hydrogen) atoms. The molecular formula is C20H21N3O3S. The number of anilines is 1. The Balaban J connectivity index is 1.94. The fraction of sp³-hybridized carbons (Fsp3) is 0.200. The number of carbonyl (C=O) groups is 1. The third kappa shape index (κ3) is 4.20. The van der Waals surface area contributed by atoms with E-state index in [1.165, 1.54) is 0 Å². The molecule has 3 N–H and O–H groups in total. The first-order valence-corrected chi connectivity index (χ1v) is 8.80. The molecule has 3 rings (SSSR count). The van der Waals surface area contributed by atoms with Gasteiger partial charge in [0.25, 0.3) is 5.91 Å². The first-order chi connectivity index (χ1) is 13.0. The monoisotopic (exact) mass is 383 g/mol. The number of benzene rings is 2. The predicted octanol–water partition coefficient (Wildman–Crippen LogP) is 3.14. The standard InChI is InChI=1S/C20H21N3O3S/c1-12-17(19(24)22-14-7-5-9-16(11-14)26-3)18(23-20(27)21-12)13-6-4-8-15(10-13)25-2/h4-11,18H,1-3H3,(H,22,24)(H2,21,23,27)/t18-/m1/s1. The van der Waals surface area contributed by atoms with Crippen LogP contribution in [0.1, 0.15) is 18.5 Å². The van der Waals surface area contributed by atoms with Gasteiger partial charge in [0.05, 0.1) is 25.8 Å². The highest BCUT2D eigenvalue weighted by Crippen LogP contribution is 2.30. The molecule has 1 aliphatic heterocycles. The van der Waals surface area contributed by atoms with Crippen molar-refractivity contribution in [3.63, 3.8) is 0 Å². The molecular weight excluding hydrogens is 362 g/mol. The fourth-order valence-corrected chi connectivity index (χ4v) is 3.24. The molecule has 1 atom stereocenters. The Morgan fingerprint density at radius 3 is 2.44 bits per heavy atom. The number of rotatable bonds is 5. The number of carbonyl (C=O) groups excluding carboxylic acids is 1. The third-order valence-electron chi connectivity index (χ3n) is 4.27. The van der Waals surface area contributed by atoms with E-state index in [1.807, 2.05) is 49.4 Å². The van der Waals surface area contributed by atoms with Crippen molar-refractivity contribution >= 4 is 28.9 Å². The van der Waals surface area contributed by atoms with Gasteiger partial charge in [0, 0.05) is 17.5 Å². The minimum absolute atomic E-state index is 0.226. The molecule has 0 aromatic heterocycles. The van der Waals surface area contributed by atoms with E-state index in [4.69, 9.17) is 21.7 Å². The number of amides is 1. The van der Waals surface area contributed by atoms with Crippen molar-refractivity contribution in [2.75, 3.05) is 19.5 Å². The van der Waals surface area contributed by atoms with E-state index >= 15 is 0 Å². The number of hydrogen-bond donors (Lipinski definition) is 3. The van der Waals surface area contributed by atoms with Crippen molar-refractivity contribution in [3.05, 3.63) is 65.4 Å². The second-order valence-corrected chi connectivity index (χ2v) is 6.44. The molecule has 1 amide bonds. The first kappa shape index (κ1) is 18.7. The number of allylic oxidation sites excluding steroid dienone is 1. The molecule has 2 aromatic rings. The van der Waals surface area contributed by atoms with E-state index in [2.05, 4.69) is 16.0 Å². The van der Waals surface area contributed by atoms with E-state index in [0.29, 0.717) is 33.6 Å². The van der Waals surface area contributed by atoms with Crippen LogP contribution in [-0.2, 0) is 4.79 Å². The van der Waals surface area contributed by atoms with E-state index in [9.17, 15) is 4.79 Å². The van der Waals surface area contributed by atoms with Gasteiger partial charge in [-0.25, -0.2) is 0 Å². The quantitative estimate of drug-likeness (QED) is 0.689. The zero-order valence-corrected chi connectivity index (χ0v) is 16.1. The molecule has 0 unspecified atom stereocenters. The molecule has 1 aliphatic rings. The van der Waals surface area contributed by atoms with Crippen molar-refractivity contribution in [1.82, 2.24) is 10.6 Å². The van der Waals surface area contributed by atoms with E-state index < -0.39 is 0 Å². The third-order valence-corrected chi connectivity index (χ3v) is 4.49. The summed E-state index contributed by atoms with van der Waals surface area (Å²) in [5, 5.41) is 9.60. The van der Waals surface area contributed by atoms with Gasteiger partial charge in [0.1, 0.15) is 11.5 Å². The Morgan fingerprint density at radius 1 is 1.07 bits per heavy atom. The highest BCUT2D eigenvalue weighted by atomic mass is 32.1. The zero-order valence-electron chi connectivity index (χ0n) is 15.3. The molecule has 7 heteroatoms. The Morgan fingerprint density at radius 2 is 1.74 bits per heavy atom. The average molecular weight is 383 g/mol. The molecule has 0 saturated carbocycles. The Bertz CT molecular complexity index is 911.